The Morgan fingerprint density at radius 1 is 1.33 bits per heavy atom. The van der Waals surface area contributed by atoms with Crippen LogP contribution in [0.5, 0.6) is 0 Å². The van der Waals surface area contributed by atoms with Crippen LogP contribution in [-0.2, 0) is 16.1 Å². The van der Waals surface area contributed by atoms with Gasteiger partial charge in [-0.05, 0) is 25.5 Å². The van der Waals surface area contributed by atoms with E-state index in [4.69, 9.17) is 4.74 Å². The number of carbonyl (C=O) groups is 1. The Bertz CT molecular complexity index is 627. The first-order valence-corrected chi connectivity index (χ1v) is 7.32. The minimum absolute atomic E-state index is 0.157. The molecule has 0 spiro atoms. The Labute approximate surface area is 127 Å². The molecule has 21 heavy (non-hydrogen) atoms. The number of ether oxygens (including phenoxy) is 1. The summed E-state index contributed by atoms with van der Waals surface area (Å²) in [4.78, 5) is 11.9. The first kappa shape index (κ1) is 15.4. The molecule has 0 aliphatic carbocycles. The summed E-state index contributed by atoms with van der Waals surface area (Å²) < 4.78 is 4.96. The predicted octanol–water partition coefficient (Wildman–Crippen LogP) is 2.35. The van der Waals surface area contributed by atoms with Crippen molar-refractivity contribution in [3.63, 3.8) is 0 Å². The smallest absolute Gasteiger partial charge is 0.245 e. The van der Waals surface area contributed by atoms with E-state index < -0.39 is 0 Å². The molecule has 6 nitrogen and oxygen atoms in total. The lowest BCUT2D eigenvalue weighted by molar-refractivity contribution is -0.114. The number of hydrogen-bond donors (Lipinski definition) is 2. The lowest BCUT2D eigenvalue weighted by Crippen LogP contribution is -2.22. The van der Waals surface area contributed by atoms with Gasteiger partial charge in [0.05, 0.1) is 6.54 Å². The third-order valence-corrected chi connectivity index (χ3v) is 3.61. The van der Waals surface area contributed by atoms with Crippen molar-refractivity contribution >= 4 is 28.1 Å². The summed E-state index contributed by atoms with van der Waals surface area (Å²) in [5.74, 6) is -0.157. The van der Waals surface area contributed by atoms with Crippen LogP contribution in [0.3, 0.4) is 0 Å². The largest absolute Gasteiger partial charge is 0.377 e. The summed E-state index contributed by atoms with van der Waals surface area (Å²) >= 11 is 1.31. The van der Waals surface area contributed by atoms with Crippen molar-refractivity contribution in [2.45, 2.75) is 20.5 Å². The number of aromatic nitrogens is 2. The van der Waals surface area contributed by atoms with Gasteiger partial charge in [0.25, 0.3) is 0 Å². The van der Waals surface area contributed by atoms with Gasteiger partial charge in [-0.25, -0.2) is 0 Å². The van der Waals surface area contributed by atoms with Crippen LogP contribution in [0, 0.1) is 13.8 Å². The molecule has 1 amide bonds. The molecule has 2 aromatic rings. The Morgan fingerprint density at radius 3 is 2.86 bits per heavy atom. The molecule has 1 heterocycles. The van der Waals surface area contributed by atoms with Gasteiger partial charge >= 0.3 is 0 Å². The zero-order valence-electron chi connectivity index (χ0n) is 12.3. The van der Waals surface area contributed by atoms with E-state index >= 15 is 0 Å². The number of amides is 1. The van der Waals surface area contributed by atoms with E-state index in [-0.39, 0.29) is 12.5 Å². The van der Waals surface area contributed by atoms with Crippen LogP contribution in [-0.4, -0.2) is 29.8 Å². The summed E-state index contributed by atoms with van der Waals surface area (Å²) in [5.41, 5.74) is 3.26. The first-order chi connectivity index (χ1) is 10.1. The van der Waals surface area contributed by atoms with E-state index in [9.17, 15) is 4.79 Å². The highest BCUT2D eigenvalue weighted by Crippen LogP contribution is 2.17. The molecular formula is C14H18N4O2S. The molecule has 0 atom stereocenters. The fourth-order valence-corrected chi connectivity index (χ4v) is 2.56. The second-order valence-corrected chi connectivity index (χ2v) is 5.72. The second kappa shape index (κ2) is 7.14. The minimum Gasteiger partial charge on any atom is -0.377 e. The topological polar surface area (TPSA) is 76.1 Å². The quantitative estimate of drug-likeness (QED) is 0.857. The monoisotopic (exact) mass is 306 g/mol. The summed E-state index contributed by atoms with van der Waals surface area (Å²) in [7, 11) is 1.59. The number of methoxy groups -OCH3 is 1. The molecule has 0 radical (unpaired) electrons. The van der Waals surface area contributed by atoms with Crippen LogP contribution in [0.2, 0.25) is 0 Å². The second-order valence-electron chi connectivity index (χ2n) is 4.65. The number of benzene rings is 1. The normalized spacial score (nSPS) is 10.4. The van der Waals surface area contributed by atoms with E-state index in [0.29, 0.717) is 11.7 Å². The molecule has 1 aromatic carbocycles. The number of anilines is 2. The lowest BCUT2D eigenvalue weighted by Gasteiger charge is -2.09. The van der Waals surface area contributed by atoms with Crippen molar-refractivity contribution in [3.8, 4) is 0 Å². The van der Waals surface area contributed by atoms with Gasteiger partial charge in [0.1, 0.15) is 11.6 Å². The minimum atomic E-state index is -0.157. The van der Waals surface area contributed by atoms with Gasteiger partial charge in [-0.15, -0.1) is 10.2 Å². The van der Waals surface area contributed by atoms with Crippen molar-refractivity contribution < 1.29 is 9.53 Å². The first-order valence-electron chi connectivity index (χ1n) is 6.51. The van der Waals surface area contributed by atoms with Gasteiger partial charge in [-0.1, -0.05) is 29.0 Å². The summed E-state index contributed by atoms with van der Waals surface area (Å²) in [5, 5.41) is 14.8. The molecule has 0 saturated heterocycles. The zero-order valence-corrected chi connectivity index (χ0v) is 13.1. The molecule has 0 unspecified atom stereocenters. The average molecular weight is 306 g/mol. The average Bonchev–Trinajstić information content (AvgIpc) is 2.85. The number of rotatable bonds is 6. The van der Waals surface area contributed by atoms with Crippen LogP contribution in [0.1, 0.15) is 16.1 Å². The van der Waals surface area contributed by atoms with Gasteiger partial charge in [0.15, 0.2) is 0 Å². The molecule has 112 valence electrons. The molecule has 0 bridgehead atoms. The number of aryl methyl sites for hydroxylation is 2. The van der Waals surface area contributed by atoms with Gasteiger partial charge in [-0.2, -0.15) is 0 Å². The van der Waals surface area contributed by atoms with E-state index in [0.717, 1.165) is 16.3 Å². The van der Waals surface area contributed by atoms with Crippen LogP contribution in [0.15, 0.2) is 18.2 Å². The van der Waals surface area contributed by atoms with Crippen LogP contribution in [0.4, 0.5) is 10.8 Å². The van der Waals surface area contributed by atoms with Crippen LogP contribution < -0.4 is 10.6 Å². The maximum absolute atomic E-state index is 11.9. The third kappa shape index (κ3) is 4.51. The maximum Gasteiger partial charge on any atom is 0.245 e. The molecule has 0 saturated carbocycles. The zero-order chi connectivity index (χ0) is 15.2. The van der Waals surface area contributed by atoms with E-state index in [2.05, 4.69) is 26.9 Å². The Hall–Kier alpha value is -1.99. The fourth-order valence-electron chi connectivity index (χ4n) is 1.84. The highest BCUT2D eigenvalue weighted by atomic mass is 32.1. The van der Waals surface area contributed by atoms with Crippen molar-refractivity contribution in [2.24, 2.45) is 0 Å². The fraction of sp³-hybridized carbons (Fsp3) is 0.357. The molecule has 0 aliphatic rings. The SMILES string of the molecule is COCc1nnc(NC(=O)CNc2ccc(C)cc2C)s1. The van der Waals surface area contributed by atoms with Crippen molar-refractivity contribution in [2.75, 3.05) is 24.3 Å². The highest BCUT2D eigenvalue weighted by Gasteiger charge is 2.08. The molecular weight excluding hydrogens is 288 g/mol. The standard InChI is InChI=1S/C14H18N4O2S/c1-9-4-5-11(10(2)6-9)15-7-12(19)16-14-18-17-13(21-14)8-20-3/h4-6,15H,7-8H2,1-3H3,(H,16,18,19). The van der Waals surface area contributed by atoms with Gasteiger partial charge in [0, 0.05) is 12.8 Å². The Kier molecular flexibility index (Phi) is 5.24. The van der Waals surface area contributed by atoms with Crippen molar-refractivity contribution in [3.05, 3.63) is 34.3 Å². The van der Waals surface area contributed by atoms with E-state index in [1.165, 1.54) is 16.9 Å². The van der Waals surface area contributed by atoms with Crippen molar-refractivity contribution in [1.29, 1.82) is 0 Å². The Balaban J connectivity index is 1.86. The van der Waals surface area contributed by atoms with Crippen LogP contribution in [0.25, 0.3) is 0 Å². The molecule has 7 heteroatoms. The lowest BCUT2D eigenvalue weighted by atomic mass is 10.1. The molecule has 2 rings (SSSR count). The van der Waals surface area contributed by atoms with E-state index in [1.54, 1.807) is 7.11 Å². The summed E-state index contributed by atoms with van der Waals surface area (Å²) in [6.45, 7) is 4.63. The number of hydrogen-bond acceptors (Lipinski definition) is 6. The van der Waals surface area contributed by atoms with Crippen LogP contribution >= 0.6 is 11.3 Å². The molecule has 0 fully saturated rings. The highest BCUT2D eigenvalue weighted by molar-refractivity contribution is 7.15. The number of nitrogens with one attached hydrogen (secondary N) is 2. The summed E-state index contributed by atoms with van der Waals surface area (Å²) in [6, 6.07) is 6.05. The predicted molar refractivity (Wildman–Crippen MR) is 83.7 cm³/mol. The maximum atomic E-state index is 11.9. The number of carbonyl (C=O) groups excluding carboxylic acids is 1. The Morgan fingerprint density at radius 2 is 2.14 bits per heavy atom. The molecule has 1 aromatic heterocycles. The number of nitrogens with zero attached hydrogens (tertiary/aromatic N) is 2. The molecule has 2 N–H and O–H groups in total. The van der Waals surface area contributed by atoms with Gasteiger partial charge in [0.2, 0.25) is 11.0 Å². The van der Waals surface area contributed by atoms with E-state index in [1.807, 2.05) is 26.0 Å². The van der Waals surface area contributed by atoms with Gasteiger partial charge < -0.3 is 10.1 Å². The van der Waals surface area contributed by atoms with Gasteiger partial charge in [-0.3, -0.25) is 10.1 Å². The third-order valence-electron chi connectivity index (χ3n) is 2.80. The summed E-state index contributed by atoms with van der Waals surface area (Å²) in [6.07, 6.45) is 0. The molecule has 0 aliphatic heterocycles. The van der Waals surface area contributed by atoms with Crippen molar-refractivity contribution in [1.82, 2.24) is 10.2 Å².